The van der Waals surface area contributed by atoms with Gasteiger partial charge in [0.15, 0.2) is 0 Å². The number of nitrogens with one attached hydrogen (secondary N) is 1. The summed E-state index contributed by atoms with van der Waals surface area (Å²) in [6, 6.07) is 0.687. The first-order valence-corrected chi connectivity index (χ1v) is 8.09. The van der Waals surface area contributed by atoms with Crippen molar-refractivity contribution < 1.29 is 4.74 Å². The van der Waals surface area contributed by atoms with Crippen LogP contribution in [0.4, 0.5) is 0 Å². The molecule has 0 bridgehead atoms. The van der Waals surface area contributed by atoms with E-state index in [4.69, 9.17) is 4.74 Å². The fourth-order valence-corrected chi connectivity index (χ4v) is 3.55. The van der Waals surface area contributed by atoms with E-state index in [1.165, 1.54) is 57.9 Å². The second-order valence-electron chi connectivity index (χ2n) is 6.59. The van der Waals surface area contributed by atoms with Crippen molar-refractivity contribution in [2.75, 3.05) is 13.2 Å². The van der Waals surface area contributed by atoms with Gasteiger partial charge in [-0.15, -0.1) is 0 Å². The molecule has 1 heterocycles. The quantitative estimate of drug-likeness (QED) is 0.725. The zero-order valence-corrected chi connectivity index (χ0v) is 12.3. The van der Waals surface area contributed by atoms with E-state index >= 15 is 0 Å². The third-order valence-electron chi connectivity index (χ3n) is 5.04. The standard InChI is InChI=1S/C16H31NO/c1-3-16(2)13-15(10-12-18-16)17-11-6-9-14-7-4-5-8-14/h14-15,17H,3-13H2,1-2H3. The van der Waals surface area contributed by atoms with Crippen LogP contribution < -0.4 is 5.32 Å². The fourth-order valence-electron chi connectivity index (χ4n) is 3.55. The molecule has 2 aliphatic rings. The Bertz CT molecular complexity index is 237. The smallest absolute Gasteiger partial charge is 0.0666 e. The minimum Gasteiger partial charge on any atom is -0.375 e. The Kier molecular flexibility index (Phi) is 5.50. The number of ether oxygens (including phenoxy) is 1. The molecule has 2 unspecified atom stereocenters. The van der Waals surface area contributed by atoms with Crippen LogP contribution >= 0.6 is 0 Å². The van der Waals surface area contributed by atoms with Crippen molar-refractivity contribution in [3.8, 4) is 0 Å². The monoisotopic (exact) mass is 253 g/mol. The molecule has 2 fully saturated rings. The molecule has 1 saturated carbocycles. The van der Waals surface area contributed by atoms with Crippen LogP contribution in [-0.4, -0.2) is 24.8 Å². The molecule has 0 spiro atoms. The first-order valence-electron chi connectivity index (χ1n) is 8.09. The van der Waals surface area contributed by atoms with Crippen molar-refractivity contribution in [1.29, 1.82) is 0 Å². The summed E-state index contributed by atoms with van der Waals surface area (Å²) in [5, 5.41) is 3.76. The first-order chi connectivity index (χ1) is 8.72. The van der Waals surface area contributed by atoms with Crippen molar-refractivity contribution in [2.45, 2.75) is 83.3 Å². The van der Waals surface area contributed by atoms with E-state index in [1.807, 2.05) is 0 Å². The predicted octanol–water partition coefficient (Wildman–Crippen LogP) is 3.89. The second-order valence-corrected chi connectivity index (χ2v) is 6.59. The minimum absolute atomic E-state index is 0.126. The zero-order valence-electron chi connectivity index (χ0n) is 12.3. The lowest BCUT2D eigenvalue weighted by Crippen LogP contribution is -2.45. The van der Waals surface area contributed by atoms with Gasteiger partial charge in [-0.25, -0.2) is 0 Å². The van der Waals surface area contributed by atoms with Crippen molar-refractivity contribution in [2.24, 2.45) is 5.92 Å². The van der Waals surface area contributed by atoms with Crippen LogP contribution in [0.3, 0.4) is 0 Å². The molecule has 2 nitrogen and oxygen atoms in total. The number of hydrogen-bond acceptors (Lipinski definition) is 2. The highest BCUT2D eigenvalue weighted by Crippen LogP contribution is 2.29. The summed E-state index contributed by atoms with van der Waals surface area (Å²) >= 11 is 0. The molecule has 0 aromatic carbocycles. The summed E-state index contributed by atoms with van der Waals surface area (Å²) in [5.74, 6) is 1.04. The summed E-state index contributed by atoms with van der Waals surface area (Å²) in [5.41, 5.74) is 0.126. The van der Waals surface area contributed by atoms with Gasteiger partial charge in [0.1, 0.15) is 0 Å². The third-order valence-corrected chi connectivity index (χ3v) is 5.04. The molecule has 1 aliphatic heterocycles. The first kappa shape index (κ1) is 14.3. The Morgan fingerprint density at radius 3 is 2.72 bits per heavy atom. The highest BCUT2D eigenvalue weighted by Gasteiger charge is 2.31. The van der Waals surface area contributed by atoms with Crippen LogP contribution in [0.5, 0.6) is 0 Å². The molecule has 1 N–H and O–H groups in total. The maximum atomic E-state index is 5.89. The van der Waals surface area contributed by atoms with E-state index in [0.717, 1.165) is 18.9 Å². The third kappa shape index (κ3) is 4.24. The lowest BCUT2D eigenvalue weighted by atomic mass is 9.90. The van der Waals surface area contributed by atoms with Gasteiger partial charge in [-0.3, -0.25) is 0 Å². The van der Waals surface area contributed by atoms with Gasteiger partial charge in [-0.1, -0.05) is 32.6 Å². The summed E-state index contributed by atoms with van der Waals surface area (Å²) in [7, 11) is 0. The van der Waals surface area contributed by atoms with Crippen LogP contribution in [0.1, 0.15) is 71.6 Å². The van der Waals surface area contributed by atoms with Crippen LogP contribution in [-0.2, 0) is 4.74 Å². The zero-order chi connectivity index (χ0) is 12.8. The molecule has 2 atom stereocenters. The summed E-state index contributed by atoms with van der Waals surface area (Å²) in [6.45, 7) is 6.65. The minimum atomic E-state index is 0.126. The molecule has 0 amide bonds. The normalized spacial score (nSPS) is 34.0. The number of rotatable bonds is 6. The topological polar surface area (TPSA) is 21.3 Å². The predicted molar refractivity (Wildman–Crippen MR) is 76.9 cm³/mol. The van der Waals surface area contributed by atoms with Gasteiger partial charge >= 0.3 is 0 Å². The molecule has 1 saturated heterocycles. The van der Waals surface area contributed by atoms with Crippen LogP contribution in [0, 0.1) is 5.92 Å². The molecule has 1 aliphatic carbocycles. The lowest BCUT2D eigenvalue weighted by Gasteiger charge is -2.38. The Labute approximate surface area is 113 Å². The molecule has 2 heteroatoms. The van der Waals surface area contributed by atoms with Crippen molar-refractivity contribution in [3.05, 3.63) is 0 Å². The van der Waals surface area contributed by atoms with E-state index in [1.54, 1.807) is 0 Å². The highest BCUT2D eigenvalue weighted by molar-refractivity contribution is 4.85. The van der Waals surface area contributed by atoms with E-state index in [2.05, 4.69) is 19.2 Å². The molecule has 0 aromatic rings. The largest absolute Gasteiger partial charge is 0.375 e. The van der Waals surface area contributed by atoms with Crippen molar-refractivity contribution >= 4 is 0 Å². The van der Waals surface area contributed by atoms with Crippen molar-refractivity contribution in [1.82, 2.24) is 5.32 Å². The van der Waals surface area contributed by atoms with Gasteiger partial charge in [0.25, 0.3) is 0 Å². The van der Waals surface area contributed by atoms with E-state index in [0.29, 0.717) is 6.04 Å². The Morgan fingerprint density at radius 1 is 1.22 bits per heavy atom. The molecule has 0 aromatic heterocycles. The van der Waals surface area contributed by atoms with Gasteiger partial charge in [-0.05, 0) is 51.5 Å². The van der Waals surface area contributed by atoms with Gasteiger partial charge in [0, 0.05) is 12.6 Å². The SMILES string of the molecule is CCC1(C)CC(NCCCC2CCCC2)CCO1. The van der Waals surface area contributed by atoms with Gasteiger partial charge in [0.05, 0.1) is 5.60 Å². The maximum absolute atomic E-state index is 5.89. The fraction of sp³-hybridized carbons (Fsp3) is 1.00. The molecular weight excluding hydrogens is 222 g/mol. The Hall–Kier alpha value is -0.0800. The maximum Gasteiger partial charge on any atom is 0.0666 e. The summed E-state index contributed by atoms with van der Waals surface area (Å²) in [6.07, 6.45) is 12.3. The molecule has 106 valence electrons. The average Bonchev–Trinajstić information content (AvgIpc) is 2.88. The van der Waals surface area contributed by atoms with E-state index in [-0.39, 0.29) is 5.60 Å². The number of hydrogen-bond donors (Lipinski definition) is 1. The molecule has 2 rings (SSSR count). The molecular formula is C16H31NO. The average molecular weight is 253 g/mol. The molecule has 0 radical (unpaired) electrons. The van der Waals surface area contributed by atoms with Crippen LogP contribution in [0.15, 0.2) is 0 Å². The molecule has 18 heavy (non-hydrogen) atoms. The lowest BCUT2D eigenvalue weighted by molar-refractivity contribution is -0.0778. The van der Waals surface area contributed by atoms with Gasteiger partial charge < -0.3 is 10.1 Å². The van der Waals surface area contributed by atoms with E-state index < -0.39 is 0 Å². The van der Waals surface area contributed by atoms with Crippen LogP contribution in [0.25, 0.3) is 0 Å². The summed E-state index contributed by atoms with van der Waals surface area (Å²) in [4.78, 5) is 0. The Morgan fingerprint density at radius 2 is 2.00 bits per heavy atom. The van der Waals surface area contributed by atoms with Gasteiger partial charge in [-0.2, -0.15) is 0 Å². The van der Waals surface area contributed by atoms with Crippen molar-refractivity contribution in [3.63, 3.8) is 0 Å². The summed E-state index contributed by atoms with van der Waals surface area (Å²) < 4.78 is 5.89. The Balaban J connectivity index is 1.58. The van der Waals surface area contributed by atoms with E-state index in [9.17, 15) is 0 Å². The second kappa shape index (κ2) is 6.91. The van der Waals surface area contributed by atoms with Crippen LogP contribution in [0.2, 0.25) is 0 Å². The highest BCUT2D eigenvalue weighted by atomic mass is 16.5. The van der Waals surface area contributed by atoms with Gasteiger partial charge in [0.2, 0.25) is 0 Å².